The molecule has 0 aromatic heterocycles. The summed E-state index contributed by atoms with van der Waals surface area (Å²) in [6, 6.07) is -0.807. The highest BCUT2D eigenvalue weighted by atomic mass is 16.7. The normalized spacial score (nSPS) is 17.4. The van der Waals surface area contributed by atoms with Crippen molar-refractivity contribution in [2.24, 2.45) is 0 Å². The number of allylic oxidation sites excluding steroid dienone is 7. The fourth-order valence-electron chi connectivity index (χ4n) is 13.7. The van der Waals surface area contributed by atoms with Crippen molar-refractivity contribution in [2.75, 3.05) is 19.8 Å². The highest BCUT2D eigenvalue weighted by Gasteiger charge is 2.44. The summed E-state index contributed by atoms with van der Waals surface area (Å²) in [5, 5.41) is 54.6. The van der Waals surface area contributed by atoms with Gasteiger partial charge in [-0.15, -0.1) is 0 Å². The predicted octanol–water partition coefficient (Wildman–Crippen LogP) is 23.8. The van der Waals surface area contributed by atoms with Gasteiger partial charge in [-0.3, -0.25) is 9.59 Å². The molecule has 0 radical (unpaired) electrons. The van der Waals surface area contributed by atoms with E-state index in [2.05, 4.69) is 55.6 Å². The molecule has 1 saturated heterocycles. The zero-order valence-corrected chi connectivity index (χ0v) is 64.5. The van der Waals surface area contributed by atoms with Crippen LogP contribution in [0.4, 0.5) is 0 Å². The lowest BCUT2D eigenvalue weighted by molar-refractivity contribution is -0.302. The Hall–Kier alpha value is -2.38. The second-order valence-corrected chi connectivity index (χ2v) is 29.9. The molecule has 1 rings (SSSR count). The first-order chi connectivity index (χ1) is 48.2. The lowest BCUT2D eigenvalue weighted by Crippen LogP contribution is -2.60. The Bertz CT molecular complexity index is 1770. The van der Waals surface area contributed by atoms with Gasteiger partial charge in [0.25, 0.3) is 0 Å². The molecule has 1 fully saturated rings. The van der Waals surface area contributed by atoms with Crippen molar-refractivity contribution in [3.8, 4) is 0 Å². The minimum atomic E-state index is -1.57. The van der Waals surface area contributed by atoms with Crippen LogP contribution in [0.5, 0.6) is 0 Å². The molecule has 0 aliphatic carbocycles. The van der Waals surface area contributed by atoms with E-state index in [0.717, 1.165) is 64.2 Å². The molecule has 576 valence electrons. The van der Waals surface area contributed by atoms with Crippen molar-refractivity contribution in [2.45, 2.75) is 474 Å². The van der Waals surface area contributed by atoms with Crippen molar-refractivity contribution < 1.29 is 49.3 Å². The quantitative estimate of drug-likeness (QED) is 0.0195. The molecule has 0 saturated carbocycles. The van der Waals surface area contributed by atoms with Crippen LogP contribution in [0.15, 0.2) is 48.6 Å². The lowest BCUT2D eigenvalue weighted by Gasteiger charge is -2.40. The Balaban J connectivity index is 1.88. The van der Waals surface area contributed by atoms with Gasteiger partial charge in [-0.25, -0.2) is 0 Å². The maximum atomic E-state index is 13.1. The maximum absolute atomic E-state index is 13.1. The average Bonchev–Trinajstić information content (AvgIpc) is 0.833. The molecule has 1 aliphatic rings. The van der Waals surface area contributed by atoms with E-state index in [4.69, 9.17) is 14.2 Å². The third-order valence-corrected chi connectivity index (χ3v) is 20.4. The second kappa shape index (κ2) is 75.8. The summed E-state index contributed by atoms with van der Waals surface area (Å²) in [5.74, 6) is -0.165. The number of unbranched alkanes of at least 4 members (excludes halogenated alkanes) is 57. The van der Waals surface area contributed by atoms with Crippen LogP contribution in [0.1, 0.15) is 431 Å². The van der Waals surface area contributed by atoms with E-state index in [1.165, 1.54) is 340 Å². The van der Waals surface area contributed by atoms with Crippen LogP contribution < -0.4 is 5.32 Å². The van der Waals surface area contributed by atoms with Gasteiger partial charge < -0.3 is 45.1 Å². The second-order valence-electron chi connectivity index (χ2n) is 29.9. The van der Waals surface area contributed by atoms with E-state index in [0.29, 0.717) is 19.4 Å². The molecule has 0 aromatic rings. The van der Waals surface area contributed by atoms with Gasteiger partial charge in [-0.2, -0.15) is 0 Å². The zero-order chi connectivity index (χ0) is 70.8. The molecule has 0 aromatic carbocycles. The number of esters is 1. The monoisotopic (exact) mass is 1380 g/mol. The van der Waals surface area contributed by atoms with Gasteiger partial charge in [0.1, 0.15) is 24.4 Å². The maximum Gasteiger partial charge on any atom is 0.305 e. The van der Waals surface area contributed by atoms with Gasteiger partial charge in [-0.05, 0) is 89.9 Å². The number of hydrogen-bond acceptors (Lipinski definition) is 10. The topological polar surface area (TPSA) is 175 Å². The Labute approximate surface area is 606 Å². The SMILES string of the molecule is CCCCC/C=C\C/C=C\CCCCCCCCCC(=O)OCCCCCCCCCCCCCCCCCCCC/C=C\CCCCCCCCCCCCCCCCCCCC(=O)NC(COC1OC(CO)C(O)C(O)C1O)C(O)/C=C/CCCCCCCCCCCCCC. The minimum Gasteiger partial charge on any atom is -0.466 e. The molecule has 98 heavy (non-hydrogen) atoms. The number of amides is 1. The van der Waals surface area contributed by atoms with Crippen LogP contribution in [-0.4, -0.2) is 100 Å². The van der Waals surface area contributed by atoms with Crippen molar-refractivity contribution in [3.63, 3.8) is 0 Å². The molecular formula is C87H163NO10. The highest BCUT2D eigenvalue weighted by Crippen LogP contribution is 2.24. The summed E-state index contributed by atoms with van der Waals surface area (Å²) < 4.78 is 16.8. The number of aliphatic hydroxyl groups is 5. The van der Waals surface area contributed by atoms with Crippen LogP contribution in [-0.2, 0) is 23.8 Å². The Morgan fingerprint density at radius 1 is 0.378 bits per heavy atom. The van der Waals surface area contributed by atoms with Crippen molar-refractivity contribution in [3.05, 3.63) is 48.6 Å². The van der Waals surface area contributed by atoms with Gasteiger partial charge in [0.2, 0.25) is 5.91 Å². The third kappa shape index (κ3) is 63.3. The van der Waals surface area contributed by atoms with Crippen LogP contribution in [0, 0.1) is 0 Å². The first kappa shape index (κ1) is 93.6. The van der Waals surface area contributed by atoms with E-state index in [-0.39, 0.29) is 18.5 Å². The number of ether oxygens (including phenoxy) is 3. The molecule has 6 N–H and O–H groups in total. The van der Waals surface area contributed by atoms with E-state index in [1.54, 1.807) is 6.08 Å². The molecule has 0 bridgehead atoms. The first-order valence-electron chi connectivity index (χ1n) is 42.9. The van der Waals surface area contributed by atoms with Crippen LogP contribution in [0.2, 0.25) is 0 Å². The number of hydrogen-bond donors (Lipinski definition) is 6. The zero-order valence-electron chi connectivity index (χ0n) is 64.5. The highest BCUT2D eigenvalue weighted by molar-refractivity contribution is 5.76. The Morgan fingerprint density at radius 3 is 1.06 bits per heavy atom. The van der Waals surface area contributed by atoms with Gasteiger partial charge in [0, 0.05) is 12.8 Å². The fourth-order valence-corrected chi connectivity index (χ4v) is 13.7. The molecular weight excluding hydrogens is 1220 g/mol. The summed E-state index contributed by atoms with van der Waals surface area (Å²) in [7, 11) is 0. The van der Waals surface area contributed by atoms with Gasteiger partial charge in [0.15, 0.2) is 6.29 Å². The lowest BCUT2D eigenvalue weighted by atomic mass is 9.99. The molecule has 1 heterocycles. The molecule has 1 amide bonds. The number of rotatable bonds is 77. The third-order valence-electron chi connectivity index (χ3n) is 20.4. The molecule has 0 spiro atoms. The van der Waals surface area contributed by atoms with Crippen molar-refractivity contribution >= 4 is 11.9 Å². The number of carbonyl (C=O) groups is 2. The molecule has 1 aliphatic heterocycles. The van der Waals surface area contributed by atoms with Crippen molar-refractivity contribution in [1.82, 2.24) is 5.32 Å². The number of aliphatic hydroxyl groups excluding tert-OH is 5. The molecule has 11 heteroatoms. The van der Waals surface area contributed by atoms with E-state index >= 15 is 0 Å². The van der Waals surface area contributed by atoms with Crippen LogP contribution in [0.3, 0.4) is 0 Å². The predicted molar refractivity (Wildman–Crippen MR) is 417 cm³/mol. The van der Waals surface area contributed by atoms with Crippen molar-refractivity contribution in [1.29, 1.82) is 0 Å². The number of nitrogens with one attached hydrogen (secondary N) is 1. The Morgan fingerprint density at radius 2 is 0.684 bits per heavy atom. The Kier molecular flexibility index (Phi) is 72.4. The smallest absolute Gasteiger partial charge is 0.305 e. The van der Waals surface area contributed by atoms with E-state index < -0.39 is 49.5 Å². The summed E-state index contributed by atoms with van der Waals surface area (Å²) in [5.41, 5.74) is 0. The summed E-state index contributed by atoms with van der Waals surface area (Å²) in [6.45, 7) is 4.38. The molecule has 7 unspecified atom stereocenters. The van der Waals surface area contributed by atoms with E-state index in [9.17, 15) is 35.1 Å². The van der Waals surface area contributed by atoms with Gasteiger partial charge in [0.05, 0.1) is 32.0 Å². The molecule has 11 nitrogen and oxygen atoms in total. The summed E-state index contributed by atoms with van der Waals surface area (Å²) >= 11 is 0. The molecule has 7 atom stereocenters. The van der Waals surface area contributed by atoms with Gasteiger partial charge in [-0.1, -0.05) is 377 Å². The first-order valence-corrected chi connectivity index (χ1v) is 42.9. The minimum absolute atomic E-state index is 0.00953. The standard InChI is InChI=1S/C87H163NO10/c1-3-5-7-9-11-13-15-17-19-43-47-51-55-59-63-67-71-75-83(92)96-76-72-68-64-60-56-52-48-45-42-40-38-36-34-32-30-28-26-24-22-20-21-23-25-27-29-31-33-35-37-39-41-44-46-50-54-58-62-66-70-74-82(91)88-79(78-97-87-86(95)85(94)84(93)81(77-89)98-87)80(90)73-69-65-61-57-53-49-18-16-14-12-10-8-6-4-2/h11,13,17,19-21,69,73,79-81,84-87,89-90,93-95H,3-10,12,14-16,18,22-68,70-72,74-78H2,1-2H3,(H,88,91)/b13-11-,19-17-,21-20-,73-69+. The fraction of sp³-hybridized carbons (Fsp3) is 0.885. The van der Waals surface area contributed by atoms with Crippen LogP contribution >= 0.6 is 0 Å². The van der Waals surface area contributed by atoms with Crippen LogP contribution in [0.25, 0.3) is 0 Å². The summed E-state index contributed by atoms with van der Waals surface area (Å²) in [4.78, 5) is 25.2. The van der Waals surface area contributed by atoms with Gasteiger partial charge >= 0.3 is 5.97 Å². The largest absolute Gasteiger partial charge is 0.466 e. The average molecular weight is 1380 g/mol. The van der Waals surface area contributed by atoms with E-state index in [1.807, 2.05) is 6.08 Å². The number of carbonyl (C=O) groups excluding carboxylic acids is 2. The summed E-state index contributed by atoms with van der Waals surface area (Å²) in [6.07, 6.45) is 91.6.